The molecule has 0 aliphatic carbocycles. The molecule has 0 saturated carbocycles. The van der Waals surface area contributed by atoms with E-state index >= 15 is 0 Å². The Morgan fingerprint density at radius 1 is 1.10 bits per heavy atom. The van der Waals surface area contributed by atoms with Crippen LogP contribution in [0.3, 0.4) is 0 Å². The van der Waals surface area contributed by atoms with Gasteiger partial charge in [0, 0.05) is 29.3 Å². The maximum atomic E-state index is 12.5. The Bertz CT molecular complexity index is 915. The lowest BCUT2D eigenvalue weighted by Gasteiger charge is -2.21. The van der Waals surface area contributed by atoms with Gasteiger partial charge in [0.2, 0.25) is 17.7 Å². The number of aromatic nitrogens is 1. The average Bonchev–Trinajstić information content (AvgIpc) is 3.07. The van der Waals surface area contributed by atoms with Crippen LogP contribution >= 0.6 is 12.6 Å². The topological polar surface area (TPSA) is 180 Å². The number of benzene rings is 1. The van der Waals surface area contributed by atoms with Crippen molar-refractivity contribution in [1.82, 2.24) is 15.6 Å². The lowest BCUT2D eigenvalue weighted by Crippen LogP contribution is -2.56. The molecule has 0 bridgehead atoms. The number of carboxylic acid groups (broad SMARTS) is 1. The molecular formula is C18H23N5O5S. The van der Waals surface area contributed by atoms with Crippen molar-refractivity contribution in [1.29, 1.82) is 0 Å². The minimum atomic E-state index is -1.22. The van der Waals surface area contributed by atoms with Crippen LogP contribution in [-0.2, 0) is 25.6 Å². The number of nitrogens with two attached hydrogens (primary N) is 2. The van der Waals surface area contributed by atoms with Crippen molar-refractivity contribution in [2.24, 2.45) is 11.5 Å². The number of nitrogens with one attached hydrogen (secondary N) is 3. The fraction of sp³-hybridized carbons (Fsp3) is 0.333. The predicted molar refractivity (Wildman–Crippen MR) is 109 cm³/mol. The van der Waals surface area contributed by atoms with E-state index in [1.165, 1.54) is 0 Å². The molecule has 0 aliphatic rings. The molecule has 0 spiro atoms. The summed E-state index contributed by atoms with van der Waals surface area (Å²) in [5.74, 6) is -3.57. The Labute approximate surface area is 171 Å². The van der Waals surface area contributed by atoms with E-state index in [4.69, 9.17) is 11.5 Å². The second-order valence-corrected chi connectivity index (χ2v) is 6.85. The first-order chi connectivity index (χ1) is 13.7. The van der Waals surface area contributed by atoms with Crippen LogP contribution in [0.25, 0.3) is 10.9 Å². The number of rotatable bonds is 10. The molecule has 3 atom stereocenters. The summed E-state index contributed by atoms with van der Waals surface area (Å²) >= 11 is 4.02. The number of thiol groups is 1. The van der Waals surface area contributed by atoms with Crippen molar-refractivity contribution in [2.75, 3.05) is 5.75 Å². The first-order valence-corrected chi connectivity index (χ1v) is 9.39. The molecule has 1 aromatic heterocycles. The second-order valence-electron chi connectivity index (χ2n) is 6.48. The summed E-state index contributed by atoms with van der Waals surface area (Å²) in [6.45, 7) is 0. The standard InChI is InChI=1S/C18H23N5O5S/c19-11(6-15(20)24)16(25)23-14(8-29)17(26)22-13(18(27)28)5-9-7-21-12-4-2-1-3-10(9)12/h1-4,7,11,13-14,21,29H,5-6,8,19H2,(H2,20,24)(H,22,26)(H,23,25)(H,27,28)/t11-,13-,14-/m0/s1. The monoisotopic (exact) mass is 421 g/mol. The van der Waals surface area contributed by atoms with Crippen molar-refractivity contribution in [3.63, 3.8) is 0 Å². The first-order valence-electron chi connectivity index (χ1n) is 8.76. The van der Waals surface area contributed by atoms with Gasteiger partial charge in [0.25, 0.3) is 0 Å². The maximum absolute atomic E-state index is 12.5. The number of aliphatic carboxylic acids is 1. The molecular weight excluding hydrogens is 398 g/mol. The number of hydrogen-bond acceptors (Lipinski definition) is 6. The van der Waals surface area contributed by atoms with Gasteiger partial charge in [-0.3, -0.25) is 14.4 Å². The summed E-state index contributed by atoms with van der Waals surface area (Å²) in [6, 6.07) is 3.81. The molecule has 10 nitrogen and oxygen atoms in total. The molecule has 8 N–H and O–H groups in total. The molecule has 29 heavy (non-hydrogen) atoms. The van der Waals surface area contributed by atoms with Gasteiger partial charge >= 0.3 is 5.97 Å². The van der Waals surface area contributed by atoms with Crippen LogP contribution in [0.15, 0.2) is 30.5 Å². The van der Waals surface area contributed by atoms with Gasteiger partial charge in [0.15, 0.2) is 0 Å². The molecule has 0 aliphatic heterocycles. The zero-order valence-electron chi connectivity index (χ0n) is 15.4. The highest BCUT2D eigenvalue weighted by Crippen LogP contribution is 2.19. The van der Waals surface area contributed by atoms with Crippen molar-refractivity contribution < 1.29 is 24.3 Å². The number of carboxylic acids is 1. The number of amides is 3. The SMILES string of the molecule is NC(=O)C[C@H](N)C(=O)N[C@@H](CS)C(=O)N[C@@H](Cc1c[nH]c2ccccc12)C(=O)O. The summed E-state index contributed by atoms with van der Waals surface area (Å²) in [5, 5.41) is 15.1. The quantitative estimate of drug-likeness (QED) is 0.239. The third-order valence-corrected chi connectivity index (χ3v) is 4.65. The van der Waals surface area contributed by atoms with Gasteiger partial charge in [0.1, 0.15) is 12.1 Å². The minimum absolute atomic E-state index is 0.0412. The summed E-state index contributed by atoms with van der Waals surface area (Å²) in [5.41, 5.74) is 12.1. The Hall–Kier alpha value is -3.05. The van der Waals surface area contributed by atoms with E-state index in [0.29, 0.717) is 0 Å². The van der Waals surface area contributed by atoms with Gasteiger partial charge in [-0.1, -0.05) is 18.2 Å². The van der Waals surface area contributed by atoms with E-state index in [-0.39, 0.29) is 18.6 Å². The number of carbonyl (C=O) groups is 4. The largest absolute Gasteiger partial charge is 0.480 e. The highest BCUT2D eigenvalue weighted by Gasteiger charge is 2.28. The normalized spacial score (nSPS) is 14.0. The van der Waals surface area contributed by atoms with Crippen LogP contribution in [0.4, 0.5) is 0 Å². The van der Waals surface area contributed by atoms with Crippen LogP contribution in [0.1, 0.15) is 12.0 Å². The Morgan fingerprint density at radius 2 is 1.76 bits per heavy atom. The van der Waals surface area contributed by atoms with Gasteiger partial charge in [0.05, 0.1) is 12.5 Å². The van der Waals surface area contributed by atoms with E-state index < -0.39 is 41.8 Å². The van der Waals surface area contributed by atoms with Crippen LogP contribution in [0.2, 0.25) is 0 Å². The lowest BCUT2D eigenvalue weighted by molar-refractivity contribution is -0.142. The Morgan fingerprint density at radius 3 is 2.38 bits per heavy atom. The van der Waals surface area contributed by atoms with Crippen molar-refractivity contribution in [3.05, 3.63) is 36.0 Å². The van der Waals surface area contributed by atoms with E-state index in [1.54, 1.807) is 6.20 Å². The fourth-order valence-electron chi connectivity index (χ4n) is 2.78. The Kier molecular flexibility index (Phi) is 7.62. The van der Waals surface area contributed by atoms with Crippen molar-refractivity contribution >= 4 is 47.2 Å². The Balaban J connectivity index is 2.06. The number of hydrogen-bond donors (Lipinski definition) is 7. The zero-order chi connectivity index (χ0) is 21.6. The van der Waals surface area contributed by atoms with Crippen LogP contribution in [-0.4, -0.2) is 57.7 Å². The first kappa shape index (κ1) is 22.2. The van der Waals surface area contributed by atoms with Crippen LogP contribution < -0.4 is 22.1 Å². The van der Waals surface area contributed by atoms with E-state index in [2.05, 4.69) is 28.2 Å². The lowest BCUT2D eigenvalue weighted by atomic mass is 10.0. The fourth-order valence-corrected chi connectivity index (χ4v) is 3.03. The average molecular weight is 421 g/mol. The third-order valence-electron chi connectivity index (χ3n) is 4.29. The molecule has 2 aromatic rings. The van der Waals surface area contributed by atoms with Gasteiger partial charge < -0.3 is 32.2 Å². The summed E-state index contributed by atoms with van der Waals surface area (Å²) in [6.07, 6.45) is 1.35. The highest BCUT2D eigenvalue weighted by molar-refractivity contribution is 7.80. The molecule has 2 rings (SSSR count). The number of aromatic amines is 1. The predicted octanol–water partition coefficient (Wildman–Crippen LogP) is -1.10. The molecule has 0 fully saturated rings. The van der Waals surface area contributed by atoms with Gasteiger partial charge in [-0.2, -0.15) is 12.6 Å². The summed E-state index contributed by atoms with van der Waals surface area (Å²) in [4.78, 5) is 50.1. The molecule has 0 saturated heterocycles. The maximum Gasteiger partial charge on any atom is 0.326 e. The summed E-state index contributed by atoms with van der Waals surface area (Å²) in [7, 11) is 0. The smallest absolute Gasteiger partial charge is 0.326 e. The van der Waals surface area contributed by atoms with Gasteiger partial charge in [-0.05, 0) is 11.6 Å². The number of H-pyrrole nitrogens is 1. The number of primary amides is 1. The van der Waals surface area contributed by atoms with Crippen LogP contribution in [0.5, 0.6) is 0 Å². The van der Waals surface area contributed by atoms with E-state index in [0.717, 1.165) is 16.5 Å². The molecule has 0 unspecified atom stereocenters. The molecule has 1 heterocycles. The number of fused-ring (bicyclic) bond motifs is 1. The molecule has 11 heteroatoms. The molecule has 3 amide bonds. The van der Waals surface area contributed by atoms with E-state index in [1.807, 2.05) is 24.3 Å². The number of para-hydroxylation sites is 1. The summed E-state index contributed by atoms with van der Waals surface area (Å²) < 4.78 is 0. The minimum Gasteiger partial charge on any atom is -0.480 e. The molecule has 0 radical (unpaired) electrons. The second kappa shape index (κ2) is 9.94. The molecule has 156 valence electrons. The molecule has 1 aromatic carbocycles. The van der Waals surface area contributed by atoms with E-state index in [9.17, 15) is 24.3 Å². The van der Waals surface area contributed by atoms with Crippen LogP contribution in [0, 0.1) is 0 Å². The highest BCUT2D eigenvalue weighted by atomic mass is 32.1. The van der Waals surface area contributed by atoms with Gasteiger partial charge in [-0.15, -0.1) is 0 Å². The van der Waals surface area contributed by atoms with Gasteiger partial charge in [-0.25, -0.2) is 4.79 Å². The zero-order valence-corrected chi connectivity index (χ0v) is 16.3. The third kappa shape index (κ3) is 5.96. The van der Waals surface area contributed by atoms with Crippen molar-refractivity contribution in [3.8, 4) is 0 Å². The number of carbonyl (C=O) groups excluding carboxylic acids is 3. The van der Waals surface area contributed by atoms with Crippen molar-refractivity contribution in [2.45, 2.75) is 31.0 Å².